The van der Waals surface area contributed by atoms with Gasteiger partial charge in [0.15, 0.2) is 0 Å². The monoisotopic (exact) mass is 351 g/mol. The van der Waals surface area contributed by atoms with Crippen molar-refractivity contribution < 1.29 is 22.8 Å². The Morgan fingerprint density at radius 2 is 1.96 bits per heavy atom. The van der Waals surface area contributed by atoms with Gasteiger partial charge < -0.3 is 14.2 Å². The first kappa shape index (κ1) is 17.3. The molecule has 25 heavy (non-hydrogen) atoms. The summed E-state index contributed by atoms with van der Waals surface area (Å²) in [6, 6.07) is 4.86. The Hall–Kier alpha value is -2.48. The van der Waals surface area contributed by atoms with Gasteiger partial charge in [-0.2, -0.15) is 0 Å². The number of aromatic nitrogens is 1. The van der Waals surface area contributed by atoms with E-state index in [9.17, 15) is 13.6 Å². The fraction of sp³-hybridized carbons (Fsp3) is 0.412. The molecule has 1 aromatic heterocycles. The van der Waals surface area contributed by atoms with Gasteiger partial charge in [-0.1, -0.05) is 6.07 Å². The van der Waals surface area contributed by atoms with Gasteiger partial charge in [-0.25, -0.2) is 8.78 Å². The average Bonchev–Trinajstić information content (AvgIpc) is 3.10. The molecule has 2 aromatic rings. The van der Waals surface area contributed by atoms with E-state index < -0.39 is 11.6 Å². The molecule has 1 unspecified atom stereocenters. The molecule has 0 N–H and O–H groups in total. The van der Waals surface area contributed by atoms with Gasteiger partial charge in [0.2, 0.25) is 5.76 Å². The van der Waals surface area contributed by atoms with E-state index >= 15 is 0 Å². The van der Waals surface area contributed by atoms with Crippen LogP contribution in [0.5, 0.6) is 5.88 Å². The van der Waals surface area contributed by atoms with Gasteiger partial charge >= 0.3 is 0 Å². The molecular weight excluding hydrogens is 332 g/mol. The Morgan fingerprint density at radius 3 is 2.56 bits per heavy atom. The zero-order chi connectivity index (χ0) is 18.0. The van der Waals surface area contributed by atoms with E-state index in [-0.39, 0.29) is 23.6 Å². The molecule has 8 heteroatoms. The average molecular weight is 351 g/mol. The lowest BCUT2D eigenvalue weighted by Gasteiger charge is -2.37. The second-order valence-corrected chi connectivity index (χ2v) is 5.90. The SMILES string of the molecule is COc1cc(C(=O)N2CCN(C(C)c3ccc(F)cc3F)CC2)on1. The van der Waals surface area contributed by atoms with Crippen molar-refractivity contribution in [3.8, 4) is 5.88 Å². The van der Waals surface area contributed by atoms with E-state index in [1.54, 1.807) is 4.90 Å². The molecular formula is C17H19F2N3O3. The zero-order valence-electron chi connectivity index (χ0n) is 14.0. The Balaban J connectivity index is 1.62. The van der Waals surface area contributed by atoms with Crippen LogP contribution in [0.4, 0.5) is 8.78 Å². The van der Waals surface area contributed by atoms with Crippen LogP contribution in [-0.2, 0) is 0 Å². The highest BCUT2D eigenvalue weighted by Gasteiger charge is 2.28. The maximum absolute atomic E-state index is 14.0. The Morgan fingerprint density at radius 1 is 1.24 bits per heavy atom. The van der Waals surface area contributed by atoms with Crippen LogP contribution in [0.15, 0.2) is 28.8 Å². The highest BCUT2D eigenvalue weighted by molar-refractivity contribution is 5.91. The van der Waals surface area contributed by atoms with Crippen molar-refractivity contribution in [3.05, 3.63) is 47.2 Å². The van der Waals surface area contributed by atoms with Crippen LogP contribution in [0, 0.1) is 11.6 Å². The van der Waals surface area contributed by atoms with E-state index in [2.05, 4.69) is 10.1 Å². The summed E-state index contributed by atoms with van der Waals surface area (Å²) in [5.41, 5.74) is 0.446. The van der Waals surface area contributed by atoms with Crippen LogP contribution in [0.25, 0.3) is 0 Å². The van der Waals surface area contributed by atoms with Gasteiger partial charge in [0, 0.05) is 43.9 Å². The second-order valence-electron chi connectivity index (χ2n) is 5.90. The molecule has 1 atom stereocenters. The van der Waals surface area contributed by atoms with Gasteiger partial charge in [-0.3, -0.25) is 9.69 Å². The summed E-state index contributed by atoms with van der Waals surface area (Å²) >= 11 is 0. The maximum atomic E-state index is 14.0. The van der Waals surface area contributed by atoms with Gasteiger partial charge in [0.25, 0.3) is 11.8 Å². The second kappa shape index (κ2) is 7.18. The summed E-state index contributed by atoms with van der Waals surface area (Å²) < 4.78 is 36.9. The van der Waals surface area contributed by atoms with Gasteiger partial charge in [-0.05, 0) is 18.1 Å². The minimum atomic E-state index is -0.591. The lowest BCUT2D eigenvalue weighted by molar-refractivity contribution is 0.0541. The minimum Gasteiger partial charge on any atom is -0.479 e. The third kappa shape index (κ3) is 3.63. The number of hydrogen-bond acceptors (Lipinski definition) is 5. The number of ether oxygens (including phenoxy) is 1. The molecule has 134 valence electrons. The molecule has 1 aliphatic heterocycles. The third-order valence-electron chi connectivity index (χ3n) is 4.47. The molecule has 2 heterocycles. The first-order valence-corrected chi connectivity index (χ1v) is 7.98. The molecule has 0 bridgehead atoms. The quantitative estimate of drug-likeness (QED) is 0.847. The number of halogens is 2. The maximum Gasteiger partial charge on any atom is 0.292 e. The summed E-state index contributed by atoms with van der Waals surface area (Å²) in [4.78, 5) is 16.1. The van der Waals surface area contributed by atoms with Crippen LogP contribution in [-0.4, -0.2) is 54.2 Å². The highest BCUT2D eigenvalue weighted by atomic mass is 19.1. The molecule has 0 saturated carbocycles. The summed E-state index contributed by atoms with van der Waals surface area (Å²) in [6.07, 6.45) is 0. The molecule has 0 spiro atoms. The summed E-state index contributed by atoms with van der Waals surface area (Å²) in [5, 5.41) is 3.62. The molecule has 6 nitrogen and oxygen atoms in total. The van der Waals surface area contributed by atoms with Crippen molar-refractivity contribution in [2.45, 2.75) is 13.0 Å². The van der Waals surface area contributed by atoms with Crippen molar-refractivity contribution in [3.63, 3.8) is 0 Å². The van der Waals surface area contributed by atoms with Crippen LogP contribution < -0.4 is 4.74 Å². The Labute approximate surface area is 143 Å². The normalized spacial score (nSPS) is 16.7. The largest absolute Gasteiger partial charge is 0.479 e. The Bertz CT molecular complexity index is 757. The summed E-state index contributed by atoms with van der Waals surface area (Å²) in [7, 11) is 1.45. The first-order valence-electron chi connectivity index (χ1n) is 7.98. The highest BCUT2D eigenvalue weighted by Crippen LogP contribution is 2.25. The van der Waals surface area contributed by atoms with E-state index in [0.717, 1.165) is 6.07 Å². The van der Waals surface area contributed by atoms with Crippen LogP contribution in [0.3, 0.4) is 0 Å². The molecule has 1 aromatic carbocycles. The van der Waals surface area contributed by atoms with Gasteiger partial charge in [0.05, 0.1) is 13.2 Å². The van der Waals surface area contributed by atoms with E-state index in [0.29, 0.717) is 31.7 Å². The first-order chi connectivity index (χ1) is 12.0. The molecule has 0 radical (unpaired) electrons. The van der Waals surface area contributed by atoms with Crippen molar-refractivity contribution in [1.29, 1.82) is 0 Å². The molecule has 1 saturated heterocycles. The Kier molecular flexibility index (Phi) is 4.98. The predicted octanol–water partition coefficient (Wildman–Crippen LogP) is 2.48. The number of rotatable bonds is 4. The molecule has 0 aliphatic carbocycles. The smallest absolute Gasteiger partial charge is 0.292 e. The molecule has 3 rings (SSSR count). The number of carbonyl (C=O) groups excluding carboxylic acids is 1. The number of piperazine rings is 1. The molecule has 1 amide bonds. The summed E-state index contributed by atoms with van der Waals surface area (Å²) in [6.45, 7) is 3.99. The van der Waals surface area contributed by atoms with E-state index in [1.165, 1.54) is 25.3 Å². The number of carbonyl (C=O) groups is 1. The van der Waals surface area contributed by atoms with Crippen molar-refractivity contribution >= 4 is 5.91 Å². The van der Waals surface area contributed by atoms with Crippen molar-refractivity contribution in [1.82, 2.24) is 15.0 Å². The lowest BCUT2D eigenvalue weighted by Crippen LogP contribution is -2.49. The molecule has 1 fully saturated rings. The number of nitrogens with zero attached hydrogens (tertiary/aromatic N) is 3. The van der Waals surface area contributed by atoms with Crippen LogP contribution >= 0.6 is 0 Å². The van der Waals surface area contributed by atoms with Gasteiger partial charge in [-0.15, -0.1) is 0 Å². The standard InChI is InChI=1S/C17H19F2N3O3/c1-11(13-4-3-12(18)9-14(13)19)21-5-7-22(8-6-21)17(23)15-10-16(24-2)20-25-15/h3-4,9-11H,5-8H2,1-2H3. The number of methoxy groups -OCH3 is 1. The summed E-state index contributed by atoms with van der Waals surface area (Å²) in [5.74, 6) is -1.02. The minimum absolute atomic E-state index is 0.128. The van der Waals surface area contributed by atoms with E-state index in [4.69, 9.17) is 9.26 Å². The number of benzene rings is 1. The van der Waals surface area contributed by atoms with E-state index in [1.807, 2.05) is 6.92 Å². The van der Waals surface area contributed by atoms with Crippen LogP contribution in [0.1, 0.15) is 29.1 Å². The molecule has 1 aliphatic rings. The lowest BCUT2D eigenvalue weighted by atomic mass is 10.1. The topological polar surface area (TPSA) is 58.8 Å². The third-order valence-corrected chi connectivity index (χ3v) is 4.47. The van der Waals surface area contributed by atoms with Gasteiger partial charge in [0.1, 0.15) is 11.6 Å². The fourth-order valence-electron chi connectivity index (χ4n) is 2.96. The number of hydrogen-bond donors (Lipinski definition) is 0. The number of amides is 1. The fourth-order valence-corrected chi connectivity index (χ4v) is 2.96. The predicted molar refractivity (Wildman–Crippen MR) is 85.3 cm³/mol. The van der Waals surface area contributed by atoms with Crippen molar-refractivity contribution in [2.75, 3.05) is 33.3 Å². The zero-order valence-corrected chi connectivity index (χ0v) is 14.0. The van der Waals surface area contributed by atoms with Crippen molar-refractivity contribution in [2.24, 2.45) is 0 Å². The van der Waals surface area contributed by atoms with Crippen LogP contribution in [0.2, 0.25) is 0 Å².